The highest BCUT2D eigenvalue weighted by Gasteiger charge is 2.18. The van der Waals surface area contributed by atoms with E-state index in [0.29, 0.717) is 11.3 Å². The van der Waals surface area contributed by atoms with Crippen molar-refractivity contribution in [1.29, 1.82) is 0 Å². The molecular formula is C17H20N2O3. The first-order valence-electron chi connectivity index (χ1n) is 7.38. The summed E-state index contributed by atoms with van der Waals surface area (Å²) in [6.07, 6.45) is 0. The second-order valence-corrected chi connectivity index (χ2v) is 5.73. The zero-order chi connectivity index (χ0) is 15.9. The van der Waals surface area contributed by atoms with E-state index in [2.05, 4.69) is 0 Å². The number of aromatic nitrogens is 1. The molecule has 5 nitrogen and oxygen atoms in total. The van der Waals surface area contributed by atoms with E-state index < -0.39 is 0 Å². The van der Waals surface area contributed by atoms with E-state index in [-0.39, 0.29) is 24.9 Å². The molecule has 2 heterocycles. The monoisotopic (exact) mass is 300 g/mol. The van der Waals surface area contributed by atoms with Gasteiger partial charge in [-0.25, -0.2) is 0 Å². The minimum Gasteiger partial charge on any atom is -0.454 e. The minimum atomic E-state index is -0.0230. The molecular weight excluding hydrogens is 280 g/mol. The highest BCUT2D eigenvalue weighted by Crippen LogP contribution is 2.36. The lowest BCUT2D eigenvalue weighted by molar-refractivity contribution is 0.174. The van der Waals surface area contributed by atoms with Gasteiger partial charge in [0.25, 0.3) is 5.56 Å². The van der Waals surface area contributed by atoms with Crippen molar-refractivity contribution in [2.45, 2.75) is 33.4 Å². The van der Waals surface area contributed by atoms with Crippen LogP contribution in [0.5, 0.6) is 11.5 Å². The third kappa shape index (κ3) is 2.27. The average Bonchev–Trinajstić information content (AvgIpc) is 2.93. The maximum absolute atomic E-state index is 12.7. The molecule has 0 radical (unpaired) electrons. The Balaban J connectivity index is 2.24. The molecule has 5 heteroatoms. The molecule has 3 rings (SSSR count). The van der Waals surface area contributed by atoms with Gasteiger partial charge in [0, 0.05) is 23.7 Å². The van der Waals surface area contributed by atoms with E-state index in [1.165, 1.54) is 0 Å². The van der Waals surface area contributed by atoms with Gasteiger partial charge in [-0.15, -0.1) is 0 Å². The molecule has 2 aromatic rings. The quantitative estimate of drug-likeness (QED) is 0.946. The average molecular weight is 300 g/mol. The normalized spacial score (nSPS) is 13.0. The SMILES string of the molecule is Cc1cc(-c2ccc3c(c2)OCO3)n(C(C)C)c(=O)c1CN. The van der Waals surface area contributed by atoms with Crippen molar-refractivity contribution in [1.82, 2.24) is 4.57 Å². The van der Waals surface area contributed by atoms with Crippen molar-refractivity contribution < 1.29 is 9.47 Å². The predicted molar refractivity (Wildman–Crippen MR) is 85.3 cm³/mol. The maximum atomic E-state index is 12.7. The van der Waals surface area contributed by atoms with Crippen LogP contribution >= 0.6 is 0 Å². The van der Waals surface area contributed by atoms with E-state index in [4.69, 9.17) is 15.2 Å². The summed E-state index contributed by atoms with van der Waals surface area (Å²) in [7, 11) is 0. The van der Waals surface area contributed by atoms with Crippen LogP contribution in [-0.2, 0) is 6.54 Å². The van der Waals surface area contributed by atoms with E-state index in [9.17, 15) is 4.79 Å². The summed E-state index contributed by atoms with van der Waals surface area (Å²) >= 11 is 0. The molecule has 0 saturated carbocycles. The Labute approximate surface area is 129 Å². The molecule has 0 saturated heterocycles. The molecule has 0 aliphatic carbocycles. The Morgan fingerprint density at radius 3 is 2.64 bits per heavy atom. The van der Waals surface area contributed by atoms with Gasteiger partial charge < -0.3 is 19.8 Å². The van der Waals surface area contributed by atoms with Crippen LogP contribution in [0.1, 0.15) is 31.0 Å². The summed E-state index contributed by atoms with van der Waals surface area (Å²) in [6.45, 7) is 6.39. The number of hydrogen-bond donors (Lipinski definition) is 1. The molecule has 0 atom stereocenters. The lowest BCUT2D eigenvalue weighted by atomic mass is 10.0. The van der Waals surface area contributed by atoms with Crippen LogP contribution in [-0.4, -0.2) is 11.4 Å². The van der Waals surface area contributed by atoms with Gasteiger partial charge >= 0.3 is 0 Å². The molecule has 1 aliphatic rings. The molecule has 1 aromatic heterocycles. The molecule has 0 fully saturated rings. The Hall–Kier alpha value is -2.27. The summed E-state index contributed by atoms with van der Waals surface area (Å²) in [4.78, 5) is 12.7. The molecule has 0 spiro atoms. The Morgan fingerprint density at radius 1 is 1.23 bits per heavy atom. The number of benzene rings is 1. The molecule has 0 bridgehead atoms. The summed E-state index contributed by atoms with van der Waals surface area (Å²) in [6, 6.07) is 7.79. The van der Waals surface area contributed by atoms with E-state index in [1.54, 1.807) is 4.57 Å². The van der Waals surface area contributed by atoms with Crippen molar-refractivity contribution in [3.63, 3.8) is 0 Å². The number of nitrogens with two attached hydrogens (primary N) is 1. The summed E-state index contributed by atoms with van der Waals surface area (Å²) in [5, 5.41) is 0. The van der Waals surface area contributed by atoms with Crippen molar-refractivity contribution >= 4 is 0 Å². The fourth-order valence-corrected chi connectivity index (χ4v) is 2.82. The van der Waals surface area contributed by atoms with Crippen LogP contribution in [0.4, 0.5) is 0 Å². The Bertz CT molecular complexity index is 778. The van der Waals surface area contributed by atoms with Gasteiger partial charge in [-0.1, -0.05) is 0 Å². The summed E-state index contributed by atoms with van der Waals surface area (Å²) in [5.74, 6) is 1.44. The first-order valence-corrected chi connectivity index (χ1v) is 7.38. The Kier molecular flexibility index (Phi) is 3.66. The van der Waals surface area contributed by atoms with Gasteiger partial charge in [-0.05, 0) is 50.6 Å². The number of pyridine rings is 1. The largest absolute Gasteiger partial charge is 0.454 e. The molecule has 22 heavy (non-hydrogen) atoms. The lowest BCUT2D eigenvalue weighted by Gasteiger charge is -2.19. The molecule has 2 N–H and O–H groups in total. The van der Waals surface area contributed by atoms with Crippen molar-refractivity contribution in [3.8, 4) is 22.8 Å². The van der Waals surface area contributed by atoms with E-state index in [0.717, 1.165) is 22.6 Å². The third-order valence-corrected chi connectivity index (χ3v) is 3.95. The Morgan fingerprint density at radius 2 is 1.95 bits per heavy atom. The van der Waals surface area contributed by atoms with Gasteiger partial charge in [-0.2, -0.15) is 0 Å². The fourth-order valence-electron chi connectivity index (χ4n) is 2.82. The zero-order valence-electron chi connectivity index (χ0n) is 13.1. The molecule has 1 aromatic carbocycles. The highest BCUT2D eigenvalue weighted by molar-refractivity contribution is 5.66. The van der Waals surface area contributed by atoms with Crippen molar-refractivity contribution in [2.24, 2.45) is 5.73 Å². The first-order chi connectivity index (χ1) is 10.5. The molecule has 1 aliphatic heterocycles. The van der Waals surface area contributed by atoms with Gasteiger partial charge in [0.1, 0.15) is 0 Å². The van der Waals surface area contributed by atoms with Gasteiger partial charge in [0.05, 0.1) is 5.69 Å². The van der Waals surface area contributed by atoms with Crippen LogP contribution in [0, 0.1) is 6.92 Å². The van der Waals surface area contributed by atoms with Crippen LogP contribution in [0.25, 0.3) is 11.3 Å². The molecule has 116 valence electrons. The minimum absolute atomic E-state index is 0.0230. The fraction of sp³-hybridized carbons (Fsp3) is 0.353. The zero-order valence-corrected chi connectivity index (χ0v) is 13.1. The third-order valence-electron chi connectivity index (χ3n) is 3.95. The number of aryl methyl sites for hydroxylation is 1. The van der Waals surface area contributed by atoms with Gasteiger partial charge in [0.15, 0.2) is 11.5 Å². The standard InChI is InChI=1S/C17H20N2O3/c1-10(2)19-14(6-11(3)13(8-18)17(19)20)12-4-5-15-16(7-12)22-9-21-15/h4-7,10H,8-9,18H2,1-3H3. The van der Waals surface area contributed by atoms with Crippen LogP contribution in [0.3, 0.4) is 0 Å². The number of ether oxygens (including phenoxy) is 2. The topological polar surface area (TPSA) is 66.5 Å². The lowest BCUT2D eigenvalue weighted by Crippen LogP contribution is -2.29. The number of hydrogen-bond acceptors (Lipinski definition) is 4. The van der Waals surface area contributed by atoms with Crippen molar-refractivity contribution in [3.05, 3.63) is 45.7 Å². The van der Waals surface area contributed by atoms with Gasteiger partial charge in [-0.3, -0.25) is 4.79 Å². The summed E-state index contributed by atoms with van der Waals surface area (Å²) in [5.41, 5.74) is 9.09. The number of nitrogens with zero attached hydrogens (tertiary/aromatic N) is 1. The predicted octanol–water partition coefficient (Wildman–Crippen LogP) is 2.59. The van der Waals surface area contributed by atoms with Crippen LogP contribution < -0.4 is 20.8 Å². The molecule has 0 unspecified atom stereocenters. The smallest absolute Gasteiger partial charge is 0.256 e. The number of fused-ring (bicyclic) bond motifs is 1. The van der Waals surface area contributed by atoms with Crippen LogP contribution in [0.2, 0.25) is 0 Å². The second kappa shape index (κ2) is 5.50. The highest BCUT2D eigenvalue weighted by atomic mass is 16.7. The summed E-state index contributed by atoms with van der Waals surface area (Å²) < 4.78 is 12.6. The molecule has 0 amide bonds. The first kappa shape index (κ1) is 14.7. The second-order valence-electron chi connectivity index (χ2n) is 5.73. The van der Waals surface area contributed by atoms with E-state index in [1.807, 2.05) is 45.0 Å². The van der Waals surface area contributed by atoms with Crippen LogP contribution in [0.15, 0.2) is 29.1 Å². The maximum Gasteiger partial charge on any atom is 0.256 e. The van der Waals surface area contributed by atoms with Gasteiger partial charge in [0.2, 0.25) is 6.79 Å². The number of rotatable bonds is 3. The van der Waals surface area contributed by atoms with Crippen molar-refractivity contribution in [2.75, 3.05) is 6.79 Å². The van der Waals surface area contributed by atoms with E-state index >= 15 is 0 Å².